The molecule has 0 saturated carbocycles. The van der Waals surface area contributed by atoms with Gasteiger partial charge >= 0.3 is 0 Å². The number of rotatable bonds is 5. The highest BCUT2D eigenvalue weighted by Gasteiger charge is 2.03. The summed E-state index contributed by atoms with van der Waals surface area (Å²) in [6.07, 6.45) is 1.94. The molecule has 2 rings (SSSR count). The third-order valence-electron chi connectivity index (χ3n) is 2.59. The second-order valence-corrected chi connectivity index (χ2v) is 3.92. The maximum Gasteiger partial charge on any atom is 0.130 e. The minimum Gasteiger partial charge on any atom is -0.457 e. The molecule has 17 heavy (non-hydrogen) atoms. The summed E-state index contributed by atoms with van der Waals surface area (Å²) in [5.74, 6) is 1.79. The quantitative estimate of drug-likeness (QED) is 0.850. The van der Waals surface area contributed by atoms with Gasteiger partial charge in [0.05, 0.1) is 0 Å². The number of hydrogen-bond donors (Lipinski definition) is 1. The zero-order chi connectivity index (χ0) is 11.9. The Labute approximate surface area is 102 Å². The molecule has 2 aromatic carbocycles. The molecule has 0 aliphatic rings. The molecule has 0 bridgehead atoms. The van der Waals surface area contributed by atoms with Gasteiger partial charge in [0.25, 0.3) is 0 Å². The van der Waals surface area contributed by atoms with E-state index in [1.54, 1.807) is 0 Å². The van der Waals surface area contributed by atoms with Gasteiger partial charge in [0.2, 0.25) is 0 Å². The van der Waals surface area contributed by atoms with Gasteiger partial charge in [-0.2, -0.15) is 0 Å². The molecule has 0 aliphatic carbocycles. The Hall–Kier alpha value is -1.80. The molecular formula is C15H17NO. The molecule has 0 saturated heterocycles. The summed E-state index contributed by atoms with van der Waals surface area (Å²) in [6, 6.07) is 17.9. The fraction of sp³-hybridized carbons (Fsp3) is 0.200. The third-order valence-corrected chi connectivity index (χ3v) is 2.59. The van der Waals surface area contributed by atoms with E-state index in [4.69, 9.17) is 10.5 Å². The molecule has 0 amide bonds. The summed E-state index contributed by atoms with van der Waals surface area (Å²) in [6.45, 7) is 0.708. The Bertz CT molecular complexity index is 453. The molecule has 2 aromatic rings. The van der Waals surface area contributed by atoms with E-state index in [0.29, 0.717) is 6.54 Å². The molecule has 0 atom stereocenters. The molecule has 2 N–H and O–H groups in total. The van der Waals surface area contributed by atoms with Gasteiger partial charge < -0.3 is 10.5 Å². The number of nitrogens with two attached hydrogens (primary N) is 1. The van der Waals surface area contributed by atoms with Gasteiger partial charge in [0, 0.05) is 0 Å². The van der Waals surface area contributed by atoms with Gasteiger partial charge in [0.1, 0.15) is 11.5 Å². The molecule has 0 unspecified atom stereocenters. The van der Waals surface area contributed by atoms with Crippen molar-refractivity contribution in [1.29, 1.82) is 0 Å². The zero-order valence-corrected chi connectivity index (χ0v) is 9.80. The highest BCUT2D eigenvalue weighted by molar-refractivity contribution is 5.37. The minimum absolute atomic E-state index is 0.708. The van der Waals surface area contributed by atoms with Crippen LogP contribution in [-0.2, 0) is 6.42 Å². The van der Waals surface area contributed by atoms with E-state index >= 15 is 0 Å². The fourth-order valence-electron chi connectivity index (χ4n) is 1.72. The highest BCUT2D eigenvalue weighted by atomic mass is 16.5. The van der Waals surface area contributed by atoms with Crippen LogP contribution >= 0.6 is 0 Å². The van der Waals surface area contributed by atoms with Crippen LogP contribution in [0.15, 0.2) is 54.6 Å². The van der Waals surface area contributed by atoms with Gasteiger partial charge in [0.15, 0.2) is 0 Å². The molecule has 0 aromatic heterocycles. The van der Waals surface area contributed by atoms with Gasteiger partial charge in [-0.05, 0) is 43.1 Å². The first-order chi connectivity index (χ1) is 8.40. The standard InChI is InChI=1S/C15H17NO/c16-12-6-8-13-7-4-5-11-15(13)17-14-9-2-1-3-10-14/h1-5,7,9-11H,6,8,12,16H2. The van der Waals surface area contributed by atoms with E-state index < -0.39 is 0 Å². The Morgan fingerprint density at radius 1 is 0.882 bits per heavy atom. The molecule has 88 valence electrons. The van der Waals surface area contributed by atoms with Gasteiger partial charge in [-0.15, -0.1) is 0 Å². The molecule has 0 radical (unpaired) electrons. The van der Waals surface area contributed by atoms with E-state index in [1.807, 2.05) is 48.5 Å². The topological polar surface area (TPSA) is 35.2 Å². The summed E-state index contributed by atoms with van der Waals surface area (Å²) in [7, 11) is 0. The maximum atomic E-state index is 5.87. The molecule has 0 fully saturated rings. The molecule has 2 heteroatoms. The normalized spacial score (nSPS) is 10.2. The lowest BCUT2D eigenvalue weighted by Crippen LogP contribution is -2.01. The second kappa shape index (κ2) is 6.06. The van der Waals surface area contributed by atoms with Gasteiger partial charge in [-0.3, -0.25) is 0 Å². The SMILES string of the molecule is NCCCc1ccccc1Oc1ccccc1. The van der Waals surface area contributed by atoms with E-state index in [0.717, 1.165) is 24.3 Å². The molecular weight excluding hydrogens is 210 g/mol. The highest BCUT2D eigenvalue weighted by Crippen LogP contribution is 2.25. The fourth-order valence-corrected chi connectivity index (χ4v) is 1.72. The average Bonchev–Trinajstić information content (AvgIpc) is 2.39. The summed E-state index contributed by atoms with van der Waals surface area (Å²) in [5.41, 5.74) is 6.75. The lowest BCUT2D eigenvalue weighted by molar-refractivity contribution is 0.475. The first-order valence-corrected chi connectivity index (χ1v) is 5.91. The lowest BCUT2D eigenvalue weighted by atomic mass is 10.1. The van der Waals surface area contributed by atoms with E-state index in [9.17, 15) is 0 Å². The van der Waals surface area contributed by atoms with Gasteiger partial charge in [-0.1, -0.05) is 36.4 Å². The predicted octanol–water partition coefficient (Wildman–Crippen LogP) is 3.37. The van der Waals surface area contributed by atoms with Crippen molar-refractivity contribution >= 4 is 0 Å². The van der Waals surface area contributed by atoms with Crippen molar-refractivity contribution in [3.8, 4) is 11.5 Å². The van der Waals surface area contributed by atoms with Crippen LogP contribution < -0.4 is 10.5 Å². The zero-order valence-electron chi connectivity index (χ0n) is 9.80. The first-order valence-electron chi connectivity index (χ1n) is 5.91. The number of hydrogen-bond acceptors (Lipinski definition) is 2. The molecule has 2 nitrogen and oxygen atoms in total. The molecule has 0 spiro atoms. The third kappa shape index (κ3) is 3.33. The summed E-state index contributed by atoms with van der Waals surface area (Å²) in [5, 5.41) is 0. The maximum absolute atomic E-state index is 5.87. The van der Waals surface area contributed by atoms with Crippen molar-refractivity contribution in [2.24, 2.45) is 5.73 Å². The van der Waals surface area contributed by atoms with Crippen LogP contribution in [0.5, 0.6) is 11.5 Å². The van der Waals surface area contributed by atoms with Crippen molar-refractivity contribution in [1.82, 2.24) is 0 Å². The van der Waals surface area contributed by atoms with Crippen molar-refractivity contribution < 1.29 is 4.74 Å². The van der Waals surface area contributed by atoms with Crippen molar-refractivity contribution in [2.75, 3.05) is 6.54 Å². The number of ether oxygens (including phenoxy) is 1. The number of aryl methyl sites for hydroxylation is 1. The molecule has 0 aliphatic heterocycles. The average molecular weight is 227 g/mol. The van der Waals surface area contributed by atoms with Crippen LogP contribution in [0.1, 0.15) is 12.0 Å². The largest absolute Gasteiger partial charge is 0.457 e. The van der Waals surface area contributed by atoms with E-state index in [2.05, 4.69) is 6.07 Å². The summed E-state index contributed by atoms with van der Waals surface area (Å²) in [4.78, 5) is 0. The first kappa shape index (κ1) is 11.7. The smallest absolute Gasteiger partial charge is 0.130 e. The van der Waals surface area contributed by atoms with Crippen LogP contribution in [0, 0.1) is 0 Å². The van der Waals surface area contributed by atoms with Crippen molar-refractivity contribution in [3.05, 3.63) is 60.2 Å². The molecule has 0 heterocycles. The predicted molar refractivity (Wildman–Crippen MR) is 70.3 cm³/mol. The van der Waals surface area contributed by atoms with Crippen LogP contribution in [0.25, 0.3) is 0 Å². The van der Waals surface area contributed by atoms with Crippen molar-refractivity contribution in [2.45, 2.75) is 12.8 Å². The van der Waals surface area contributed by atoms with E-state index in [1.165, 1.54) is 5.56 Å². The lowest BCUT2D eigenvalue weighted by Gasteiger charge is -2.10. The second-order valence-electron chi connectivity index (χ2n) is 3.92. The Balaban J connectivity index is 2.15. The Morgan fingerprint density at radius 2 is 1.59 bits per heavy atom. The van der Waals surface area contributed by atoms with Crippen LogP contribution in [-0.4, -0.2) is 6.54 Å². The number of para-hydroxylation sites is 2. The van der Waals surface area contributed by atoms with E-state index in [-0.39, 0.29) is 0 Å². The van der Waals surface area contributed by atoms with Crippen LogP contribution in [0.3, 0.4) is 0 Å². The number of benzene rings is 2. The van der Waals surface area contributed by atoms with Crippen LogP contribution in [0.2, 0.25) is 0 Å². The summed E-state index contributed by atoms with van der Waals surface area (Å²) < 4.78 is 5.87. The summed E-state index contributed by atoms with van der Waals surface area (Å²) >= 11 is 0. The Morgan fingerprint density at radius 3 is 2.35 bits per heavy atom. The minimum atomic E-state index is 0.708. The monoisotopic (exact) mass is 227 g/mol. The van der Waals surface area contributed by atoms with Crippen molar-refractivity contribution in [3.63, 3.8) is 0 Å². The van der Waals surface area contributed by atoms with Gasteiger partial charge in [-0.25, -0.2) is 0 Å². The Kier molecular flexibility index (Phi) is 4.17. The van der Waals surface area contributed by atoms with Crippen LogP contribution in [0.4, 0.5) is 0 Å².